The van der Waals surface area contributed by atoms with Crippen LogP contribution in [0.15, 0.2) is 23.0 Å². The average molecular weight is 282 g/mol. The van der Waals surface area contributed by atoms with Gasteiger partial charge in [-0.1, -0.05) is 18.5 Å². The van der Waals surface area contributed by atoms with Crippen LogP contribution in [-0.4, -0.2) is 39.7 Å². The van der Waals surface area contributed by atoms with E-state index in [9.17, 15) is 4.79 Å². The summed E-state index contributed by atoms with van der Waals surface area (Å²) in [5.41, 5.74) is 0.419. The van der Waals surface area contributed by atoms with Gasteiger partial charge in [-0.2, -0.15) is 0 Å². The number of hydrogen-bond acceptors (Lipinski definition) is 4. The van der Waals surface area contributed by atoms with Gasteiger partial charge in [0.15, 0.2) is 0 Å². The number of aliphatic hydroxyl groups excluding tert-OH is 1. The number of benzene rings is 1. The van der Waals surface area contributed by atoms with Crippen molar-refractivity contribution in [2.45, 2.75) is 13.5 Å². The second-order valence-electron chi connectivity index (χ2n) is 4.27. The van der Waals surface area contributed by atoms with Gasteiger partial charge in [-0.15, -0.1) is 0 Å². The van der Waals surface area contributed by atoms with Crippen LogP contribution in [0.2, 0.25) is 5.02 Å². The molecule has 6 heteroatoms. The van der Waals surface area contributed by atoms with Gasteiger partial charge in [-0.25, -0.2) is 4.98 Å². The van der Waals surface area contributed by atoms with E-state index in [0.717, 1.165) is 6.54 Å². The first-order valence-corrected chi connectivity index (χ1v) is 6.53. The van der Waals surface area contributed by atoms with E-state index in [0.29, 0.717) is 34.8 Å². The zero-order valence-electron chi connectivity index (χ0n) is 10.7. The van der Waals surface area contributed by atoms with E-state index >= 15 is 0 Å². The monoisotopic (exact) mass is 281 g/mol. The van der Waals surface area contributed by atoms with E-state index in [1.54, 1.807) is 18.2 Å². The van der Waals surface area contributed by atoms with Crippen LogP contribution in [0.4, 0.5) is 0 Å². The molecule has 2 aromatic rings. The Labute approximate surface area is 115 Å². The first kappa shape index (κ1) is 14.0. The van der Waals surface area contributed by atoms with Crippen LogP contribution in [0.5, 0.6) is 0 Å². The minimum atomic E-state index is -0.170. The highest BCUT2D eigenvalue weighted by atomic mass is 35.5. The molecule has 0 atom stereocenters. The summed E-state index contributed by atoms with van der Waals surface area (Å²) < 4.78 is 0. The number of fused-ring (bicyclic) bond motifs is 1. The molecule has 0 aliphatic heterocycles. The molecule has 0 unspecified atom stereocenters. The standard InChI is InChI=1S/C13H16ClN3O2/c1-2-17(5-6-18)8-12-15-11-7-9(14)3-4-10(11)13(19)16-12/h3-4,7,18H,2,5-6,8H2,1H3,(H,15,16,19). The zero-order valence-corrected chi connectivity index (χ0v) is 11.4. The summed E-state index contributed by atoms with van der Waals surface area (Å²) in [5, 5.41) is 10.0. The van der Waals surface area contributed by atoms with Crippen molar-refractivity contribution in [1.29, 1.82) is 0 Å². The van der Waals surface area contributed by atoms with Crippen LogP contribution >= 0.6 is 11.6 Å². The molecule has 5 nitrogen and oxygen atoms in total. The fourth-order valence-corrected chi connectivity index (χ4v) is 2.10. The maximum absolute atomic E-state index is 11.9. The number of nitrogens with one attached hydrogen (secondary N) is 1. The first-order valence-electron chi connectivity index (χ1n) is 6.15. The van der Waals surface area contributed by atoms with Gasteiger partial charge in [-0.05, 0) is 24.7 Å². The number of rotatable bonds is 5. The SMILES string of the molecule is CCN(CCO)Cc1nc2cc(Cl)ccc2c(=O)[nH]1. The molecule has 1 aromatic carbocycles. The van der Waals surface area contributed by atoms with E-state index in [2.05, 4.69) is 9.97 Å². The lowest BCUT2D eigenvalue weighted by Gasteiger charge is -2.18. The number of aliphatic hydroxyl groups is 1. The number of H-pyrrole nitrogens is 1. The Balaban J connectivity index is 2.36. The largest absolute Gasteiger partial charge is 0.395 e. The number of aromatic amines is 1. The predicted octanol–water partition coefficient (Wildman–Crippen LogP) is 1.39. The molecule has 2 N–H and O–H groups in total. The maximum atomic E-state index is 11.9. The van der Waals surface area contributed by atoms with Gasteiger partial charge in [0.05, 0.1) is 24.1 Å². The molecule has 0 saturated carbocycles. The van der Waals surface area contributed by atoms with Crippen LogP contribution in [0, 0.1) is 0 Å². The minimum absolute atomic E-state index is 0.0808. The Hall–Kier alpha value is -1.43. The van der Waals surface area contributed by atoms with E-state index in [4.69, 9.17) is 16.7 Å². The highest BCUT2D eigenvalue weighted by molar-refractivity contribution is 6.31. The molecular formula is C13H16ClN3O2. The molecule has 0 amide bonds. The van der Waals surface area contributed by atoms with Crippen molar-refractivity contribution in [3.05, 3.63) is 39.4 Å². The summed E-state index contributed by atoms with van der Waals surface area (Å²) in [6.45, 7) is 3.89. The van der Waals surface area contributed by atoms with Crippen LogP contribution in [-0.2, 0) is 6.54 Å². The molecule has 0 saturated heterocycles. The fraction of sp³-hybridized carbons (Fsp3) is 0.385. The van der Waals surface area contributed by atoms with Crippen molar-refractivity contribution >= 4 is 22.5 Å². The first-order chi connectivity index (χ1) is 9.13. The summed E-state index contributed by atoms with van der Waals surface area (Å²) in [7, 11) is 0. The summed E-state index contributed by atoms with van der Waals surface area (Å²) in [5.74, 6) is 0.579. The van der Waals surface area contributed by atoms with Gasteiger partial charge >= 0.3 is 0 Å². The van der Waals surface area contributed by atoms with Gasteiger partial charge < -0.3 is 10.1 Å². The smallest absolute Gasteiger partial charge is 0.258 e. The molecule has 102 valence electrons. The molecular weight excluding hydrogens is 266 g/mol. The Morgan fingerprint density at radius 2 is 2.26 bits per heavy atom. The van der Waals surface area contributed by atoms with Crippen molar-refractivity contribution in [3.63, 3.8) is 0 Å². The van der Waals surface area contributed by atoms with Crippen molar-refractivity contribution < 1.29 is 5.11 Å². The van der Waals surface area contributed by atoms with Gasteiger partial charge in [-0.3, -0.25) is 9.69 Å². The lowest BCUT2D eigenvalue weighted by Crippen LogP contribution is -2.28. The van der Waals surface area contributed by atoms with Crippen molar-refractivity contribution in [1.82, 2.24) is 14.9 Å². The predicted molar refractivity (Wildman–Crippen MR) is 75.4 cm³/mol. The Morgan fingerprint density at radius 3 is 2.95 bits per heavy atom. The maximum Gasteiger partial charge on any atom is 0.258 e. The molecule has 0 aliphatic carbocycles. The molecule has 1 heterocycles. The van der Waals surface area contributed by atoms with E-state index in [-0.39, 0.29) is 12.2 Å². The number of likely N-dealkylation sites (N-methyl/N-ethyl adjacent to an activating group) is 1. The highest BCUT2D eigenvalue weighted by Crippen LogP contribution is 2.14. The third-order valence-corrected chi connectivity index (χ3v) is 3.19. The van der Waals surface area contributed by atoms with E-state index in [1.165, 1.54) is 0 Å². The minimum Gasteiger partial charge on any atom is -0.395 e. The average Bonchev–Trinajstić information content (AvgIpc) is 2.37. The van der Waals surface area contributed by atoms with Crippen molar-refractivity contribution in [3.8, 4) is 0 Å². The lowest BCUT2D eigenvalue weighted by atomic mass is 10.2. The molecule has 0 spiro atoms. The number of hydrogen-bond donors (Lipinski definition) is 2. The molecule has 1 aromatic heterocycles. The second kappa shape index (κ2) is 6.14. The van der Waals surface area contributed by atoms with Gasteiger partial charge in [0.1, 0.15) is 5.82 Å². The zero-order chi connectivity index (χ0) is 13.8. The van der Waals surface area contributed by atoms with Gasteiger partial charge in [0, 0.05) is 11.6 Å². The van der Waals surface area contributed by atoms with Crippen molar-refractivity contribution in [2.24, 2.45) is 0 Å². The summed E-state index contributed by atoms with van der Waals surface area (Å²) in [4.78, 5) is 21.1. The van der Waals surface area contributed by atoms with Crippen LogP contribution < -0.4 is 5.56 Å². The Bertz CT molecular complexity index is 627. The van der Waals surface area contributed by atoms with E-state index < -0.39 is 0 Å². The third kappa shape index (κ3) is 3.32. The molecule has 0 radical (unpaired) electrons. The fourth-order valence-electron chi connectivity index (χ4n) is 1.94. The Morgan fingerprint density at radius 1 is 1.47 bits per heavy atom. The van der Waals surface area contributed by atoms with Gasteiger partial charge in [0.2, 0.25) is 0 Å². The Kier molecular flexibility index (Phi) is 4.52. The molecule has 0 bridgehead atoms. The quantitative estimate of drug-likeness (QED) is 0.869. The van der Waals surface area contributed by atoms with Crippen LogP contribution in [0.3, 0.4) is 0 Å². The molecule has 19 heavy (non-hydrogen) atoms. The molecule has 2 rings (SSSR count). The topological polar surface area (TPSA) is 69.2 Å². The third-order valence-electron chi connectivity index (χ3n) is 2.95. The number of halogens is 1. The second-order valence-corrected chi connectivity index (χ2v) is 4.70. The van der Waals surface area contributed by atoms with Crippen LogP contribution in [0.25, 0.3) is 10.9 Å². The molecule has 0 fully saturated rings. The van der Waals surface area contributed by atoms with E-state index in [1.807, 2.05) is 11.8 Å². The summed E-state index contributed by atoms with van der Waals surface area (Å²) in [6, 6.07) is 5.02. The lowest BCUT2D eigenvalue weighted by molar-refractivity contribution is 0.194. The normalized spacial score (nSPS) is 11.4. The highest BCUT2D eigenvalue weighted by Gasteiger charge is 2.08. The summed E-state index contributed by atoms with van der Waals surface area (Å²) >= 11 is 5.91. The van der Waals surface area contributed by atoms with Gasteiger partial charge in [0.25, 0.3) is 5.56 Å². The van der Waals surface area contributed by atoms with Crippen LogP contribution in [0.1, 0.15) is 12.7 Å². The molecule has 0 aliphatic rings. The number of nitrogens with zero attached hydrogens (tertiary/aromatic N) is 2. The summed E-state index contributed by atoms with van der Waals surface area (Å²) in [6.07, 6.45) is 0. The van der Waals surface area contributed by atoms with Crippen molar-refractivity contribution in [2.75, 3.05) is 19.7 Å². The number of aromatic nitrogens is 2.